The summed E-state index contributed by atoms with van der Waals surface area (Å²) in [6.45, 7) is 2.04. The molecular formula is C14H16N4. The Morgan fingerprint density at radius 3 is 2.89 bits per heavy atom. The summed E-state index contributed by atoms with van der Waals surface area (Å²) >= 11 is 0. The molecule has 0 aliphatic carbocycles. The van der Waals surface area contributed by atoms with Crippen molar-refractivity contribution in [1.82, 2.24) is 15.0 Å². The van der Waals surface area contributed by atoms with Gasteiger partial charge in [-0.15, -0.1) is 0 Å². The SMILES string of the molecule is c1ccc([C@@H]2CCCN(c3cnccn3)C2)nc1. The van der Waals surface area contributed by atoms with Crippen LogP contribution < -0.4 is 4.90 Å². The van der Waals surface area contributed by atoms with E-state index in [0.717, 1.165) is 18.9 Å². The molecule has 1 saturated heterocycles. The van der Waals surface area contributed by atoms with Gasteiger partial charge in [0, 0.05) is 43.3 Å². The normalized spacial score (nSPS) is 19.8. The molecule has 4 heteroatoms. The van der Waals surface area contributed by atoms with E-state index in [1.807, 2.05) is 18.5 Å². The van der Waals surface area contributed by atoms with Gasteiger partial charge in [0.05, 0.1) is 6.20 Å². The lowest BCUT2D eigenvalue weighted by Gasteiger charge is -2.33. The van der Waals surface area contributed by atoms with Gasteiger partial charge in [-0.25, -0.2) is 4.98 Å². The number of rotatable bonds is 2. The highest BCUT2D eigenvalue weighted by Gasteiger charge is 2.22. The monoisotopic (exact) mass is 240 g/mol. The number of hydrogen-bond donors (Lipinski definition) is 0. The minimum atomic E-state index is 0.502. The van der Waals surface area contributed by atoms with Crippen molar-refractivity contribution in [1.29, 1.82) is 0 Å². The average molecular weight is 240 g/mol. The van der Waals surface area contributed by atoms with Crippen LogP contribution in [0.2, 0.25) is 0 Å². The van der Waals surface area contributed by atoms with Crippen molar-refractivity contribution < 1.29 is 0 Å². The lowest BCUT2D eigenvalue weighted by Crippen LogP contribution is -2.35. The number of piperidine rings is 1. The number of aromatic nitrogens is 3. The zero-order chi connectivity index (χ0) is 12.2. The number of pyridine rings is 1. The maximum absolute atomic E-state index is 4.47. The molecule has 0 amide bonds. The summed E-state index contributed by atoms with van der Waals surface area (Å²) in [7, 11) is 0. The highest BCUT2D eigenvalue weighted by molar-refractivity contribution is 5.36. The molecule has 2 aromatic rings. The average Bonchev–Trinajstić information content (AvgIpc) is 2.49. The number of anilines is 1. The molecule has 0 unspecified atom stereocenters. The summed E-state index contributed by atoms with van der Waals surface area (Å²) in [6.07, 6.45) is 9.55. The van der Waals surface area contributed by atoms with Gasteiger partial charge in [0.2, 0.25) is 0 Å². The molecule has 3 rings (SSSR count). The minimum Gasteiger partial charge on any atom is -0.355 e. The molecule has 0 N–H and O–H groups in total. The molecule has 0 bridgehead atoms. The third kappa shape index (κ3) is 2.32. The Hall–Kier alpha value is -1.97. The molecule has 18 heavy (non-hydrogen) atoms. The van der Waals surface area contributed by atoms with E-state index in [4.69, 9.17) is 0 Å². The predicted molar refractivity (Wildman–Crippen MR) is 70.5 cm³/mol. The first-order valence-corrected chi connectivity index (χ1v) is 6.35. The van der Waals surface area contributed by atoms with Gasteiger partial charge in [-0.2, -0.15) is 0 Å². The summed E-state index contributed by atoms with van der Waals surface area (Å²) in [4.78, 5) is 15.3. The van der Waals surface area contributed by atoms with Gasteiger partial charge < -0.3 is 4.90 Å². The second-order valence-electron chi connectivity index (χ2n) is 4.60. The van der Waals surface area contributed by atoms with Crippen LogP contribution >= 0.6 is 0 Å². The van der Waals surface area contributed by atoms with Crippen LogP contribution in [0.4, 0.5) is 5.82 Å². The summed E-state index contributed by atoms with van der Waals surface area (Å²) in [6, 6.07) is 6.14. The molecule has 0 spiro atoms. The van der Waals surface area contributed by atoms with E-state index in [2.05, 4.69) is 32.0 Å². The van der Waals surface area contributed by atoms with Gasteiger partial charge in [-0.1, -0.05) is 6.07 Å². The molecule has 92 valence electrons. The summed E-state index contributed by atoms with van der Waals surface area (Å²) in [5.41, 5.74) is 1.19. The molecule has 4 nitrogen and oxygen atoms in total. The molecule has 1 fully saturated rings. The fourth-order valence-corrected chi connectivity index (χ4v) is 2.50. The van der Waals surface area contributed by atoms with Crippen molar-refractivity contribution in [2.24, 2.45) is 0 Å². The smallest absolute Gasteiger partial charge is 0.147 e. The Balaban J connectivity index is 1.77. The van der Waals surface area contributed by atoms with E-state index in [-0.39, 0.29) is 0 Å². The molecular weight excluding hydrogens is 224 g/mol. The lowest BCUT2D eigenvalue weighted by molar-refractivity contribution is 0.498. The highest BCUT2D eigenvalue weighted by atomic mass is 15.2. The Kier molecular flexibility index (Phi) is 3.17. The molecule has 0 aromatic carbocycles. The number of nitrogens with zero attached hydrogens (tertiary/aromatic N) is 4. The topological polar surface area (TPSA) is 41.9 Å². The van der Waals surface area contributed by atoms with Gasteiger partial charge in [-0.3, -0.25) is 9.97 Å². The first kappa shape index (κ1) is 11.1. The molecule has 1 aliphatic heterocycles. The summed E-state index contributed by atoms with van der Waals surface area (Å²) in [5.74, 6) is 1.47. The molecule has 0 radical (unpaired) electrons. The Morgan fingerprint density at radius 2 is 2.11 bits per heavy atom. The van der Waals surface area contributed by atoms with E-state index < -0.39 is 0 Å². The Morgan fingerprint density at radius 1 is 1.11 bits per heavy atom. The van der Waals surface area contributed by atoms with Crippen molar-refractivity contribution in [2.45, 2.75) is 18.8 Å². The largest absolute Gasteiger partial charge is 0.355 e. The maximum Gasteiger partial charge on any atom is 0.147 e. The predicted octanol–water partition coefficient (Wildman–Crippen LogP) is 2.26. The first-order valence-electron chi connectivity index (χ1n) is 6.35. The zero-order valence-electron chi connectivity index (χ0n) is 10.2. The van der Waals surface area contributed by atoms with Crippen molar-refractivity contribution >= 4 is 5.82 Å². The fraction of sp³-hybridized carbons (Fsp3) is 0.357. The van der Waals surface area contributed by atoms with Gasteiger partial charge in [0.25, 0.3) is 0 Å². The second-order valence-corrected chi connectivity index (χ2v) is 4.60. The minimum absolute atomic E-state index is 0.502. The van der Waals surface area contributed by atoms with Crippen molar-refractivity contribution in [2.75, 3.05) is 18.0 Å². The van der Waals surface area contributed by atoms with Crippen LogP contribution in [0.5, 0.6) is 0 Å². The van der Waals surface area contributed by atoms with E-state index >= 15 is 0 Å². The van der Waals surface area contributed by atoms with Crippen LogP contribution in [-0.2, 0) is 0 Å². The molecule has 1 aliphatic rings. The molecule has 2 aromatic heterocycles. The van der Waals surface area contributed by atoms with Gasteiger partial charge in [-0.05, 0) is 25.0 Å². The maximum atomic E-state index is 4.47. The standard InChI is InChI=1S/C14H16N4/c1-2-6-16-13(5-1)12-4-3-9-18(11-12)14-10-15-7-8-17-14/h1-2,5-8,10,12H,3-4,9,11H2/t12-/m1/s1. The lowest BCUT2D eigenvalue weighted by atomic mass is 9.94. The van der Waals surface area contributed by atoms with Crippen LogP contribution in [-0.4, -0.2) is 28.0 Å². The molecule has 0 saturated carbocycles. The molecule has 1 atom stereocenters. The summed E-state index contributed by atoms with van der Waals surface area (Å²) in [5, 5.41) is 0. The Labute approximate surface area is 107 Å². The second kappa shape index (κ2) is 5.12. The highest BCUT2D eigenvalue weighted by Crippen LogP contribution is 2.27. The van der Waals surface area contributed by atoms with Crippen LogP contribution in [0.25, 0.3) is 0 Å². The summed E-state index contributed by atoms with van der Waals surface area (Å²) < 4.78 is 0. The Bertz CT molecular complexity index is 440. The quantitative estimate of drug-likeness (QED) is 0.807. The van der Waals surface area contributed by atoms with Gasteiger partial charge >= 0.3 is 0 Å². The fourth-order valence-electron chi connectivity index (χ4n) is 2.50. The van der Waals surface area contributed by atoms with E-state index in [0.29, 0.717) is 5.92 Å². The number of hydrogen-bond acceptors (Lipinski definition) is 4. The van der Waals surface area contributed by atoms with Gasteiger partial charge in [0.15, 0.2) is 0 Å². The van der Waals surface area contributed by atoms with Crippen LogP contribution in [0, 0.1) is 0 Å². The van der Waals surface area contributed by atoms with Crippen LogP contribution in [0.1, 0.15) is 24.5 Å². The van der Waals surface area contributed by atoms with Crippen LogP contribution in [0.15, 0.2) is 43.0 Å². The zero-order valence-corrected chi connectivity index (χ0v) is 10.2. The first-order chi connectivity index (χ1) is 8.93. The third-order valence-electron chi connectivity index (χ3n) is 3.40. The van der Waals surface area contributed by atoms with E-state index in [1.54, 1.807) is 12.4 Å². The van der Waals surface area contributed by atoms with Crippen molar-refractivity contribution in [3.63, 3.8) is 0 Å². The molecule has 3 heterocycles. The van der Waals surface area contributed by atoms with E-state index in [1.165, 1.54) is 18.5 Å². The van der Waals surface area contributed by atoms with E-state index in [9.17, 15) is 0 Å². The van der Waals surface area contributed by atoms with Crippen molar-refractivity contribution in [3.05, 3.63) is 48.7 Å². The van der Waals surface area contributed by atoms with Gasteiger partial charge in [0.1, 0.15) is 5.82 Å². The van der Waals surface area contributed by atoms with Crippen molar-refractivity contribution in [3.8, 4) is 0 Å². The van der Waals surface area contributed by atoms with Crippen LogP contribution in [0.3, 0.4) is 0 Å². The third-order valence-corrected chi connectivity index (χ3v) is 3.40.